The van der Waals surface area contributed by atoms with Gasteiger partial charge >= 0.3 is 0 Å². The first-order chi connectivity index (χ1) is 6.25. The van der Waals surface area contributed by atoms with E-state index in [1.165, 1.54) is 5.56 Å². The Balaban J connectivity index is 2.41. The second kappa shape index (κ2) is 3.05. The van der Waals surface area contributed by atoms with Crippen LogP contribution in [0.4, 0.5) is 0 Å². The molecule has 0 saturated carbocycles. The minimum Gasteiger partial charge on any atom is -0.444 e. The van der Waals surface area contributed by atoms with Gasteiger partial charge in [-0.2, -0.15) is 0 Å². The number of nitrogens with zero attached hydrogens (tertiary/aromatic N) is 1. The van der Waals surface area contributed by atoms with Gasteiger partial charge < -0.3 is 4.42 Å². The van der Waals surface area contributed by atoms with Crippen molar-refractivity contribution in [3.63, 3.8) is 0 Å². The van der Waals surface area contributed by atoms with Gasteiger partial charge in [-0.1, -0.05) is 17.7 Å². The number of hydrogen-bond donors (Lipinski definition) is 0. The van der Waals surface area contributed by atoms with Gasteiger partial charge in [0.2, 0.25) is 5.89 Å². The van der Waals surface area contributed by atoms with E-state index < -0.39 is 0 Å². The van der Waals surface area contributed by atoms with Crippen molar-refractivity contribution < 1.29 is 4.42 Å². The Morgan fingerprint density at radius 1 is 1.23 bits per heavy atom. The summed E-state index contributed by atoms with van der Waals surface area (Å²) in [6.45, 7) is 5.73. The fourth-order valence-electron chi connectivity index (χ4n) is 1.14. The lowest BCUT2D eigenvalue weighted by Gasteiger charge is -1.95. The number of aryl methyl sites for hydroxylation is 1. The molecule has 2 nitrogen and oxygen atoms in total. The average Bonchev–Trinajstić information content (AvgIpc) is 2.53. The van der Waals surface area contributed by atoms with Crippen LogP contribution in [0.5, 0.6) is 0 Å². The molecule has 0 aliphatic carbocycles. The highest BCUT2D eigenvalue weighted by molar-refractivity contribution is 5.53. The quantitative estimate of drug-likeness (QED) is 0.661. The van der Waals surface area contributed by atoms with Crippen LogP contribution in [0.1, 0.15) is 11.3 Å². The number of hydrogen-bond acceptors (Lipinski definition) is 2. The maximum Gasteiger partial charge on any atom is 0.226 e. The van der Waals surface area contributed by atoms with Gasteiger partial charge in [0.15, 0.2) is 0 Å². The van der Waals surface area contributed by atoms with E-state index in [1.807, 2.05) is 31.2 Å². The molecule has 0 bridgehead atoms. The largest absolute Gasteiger partial charge is 0.444 e. The molecule has 2 heteroatoms. The van der Waals surface area contributed by atoms with Crippen LogP contribution in [-0.4, -0.2) is 4.98 Å². The van der Waals surface area contributed by atoms with E-state index >= 15 is 0 Å². The predicted octanol–water partition coefficient (Wildman–Crippen LogP) is 2.83. The Morgan fingerprint density at radius 3 is 2.46 bits per heavy atom. The molecule has 1 heterocycles. The Bertz CT molecular complexity index is 400. The first-order valence-corrected chi connectivity index (χ1v) is 4.10. The molecule has 65 valence electrons. The molecule has 0 aliphatic rings. The average molecular weight is 172 g/mol. The maximum absolute atomic E-state index is 5.22. The number of oxazole rings is 1. The molecule has 2 rings (SSSR count). The van der Waals surface area contributed by atoms with Gasteiger partial charge in [-0.15, -0.1) is 0 Å². The number of aromatic nitrogens is 1. The third-order valence-electron chi connectivity index (χ3n) is 1.85. The first kappa shape index (κ1) is 8.05. The topological polar surface area (TPSA) is 26.0 Å². The van der Waals surface area contributed by atoms with Crippen molar-refractivity contribution in [2.45, 2.75) is 6.92 Å². The second-order valence-electron chi connectivity index (χ2n) is 3.01. The van der Waals surface area contributed by atoms with E-state index in [0.29, 0.717) is 11.6 Å². The van der Waals surface area contributed by atoms with Crippen molar-refractivity contribution in [1.29, 1.82) is 0 Å². The van der Waals surface area contributed by atoms with Crippen LogP contribution in [0.15, 0.2) is 34.9 Å². The highest BCUT2D eigenvalue weighted by Crippen LogP contribution is 2.18. The van der Waals surface area contributed by atoms with E-state index in [2.05, 4.69) is 11.9 Å². The van der Waals surface area contributed by atoms with Crippen LogP contribution >= 0.6 is 0 Å². The maximum atomic E-state index is 5.22. The molecule has 0 spiro atoms. The van der Waals surface area contributed by atoms with Gasteiger partial charge in [0, 0.05) is 5.56 Å². The standard InChI is InChI=1S/C11H10NO/c1-8-3-5-10(6-4-8)11-12-9(2)7-13-11/h3-7H,2H2,1H3. The van der Waals surface area contributed by atoms with Crippen LogP contribution in [0.2, 0.25) is 0 Å². The Morgan fingerprint density at radius 2 is 1.92 bits per heavy atom. The summed E-state index contributed by atoms with van der Waals surface area (Å²) < 4.78 is 5.22. The minimum absolute atomic E-state index is 0.630. The number of benzene rings is 1. The first-order valence-electron chi connectivity index (χ1n) is 4.10. The van der Waals surface area contributed by atoms with E-state index in [0.717, 1.165) is 5.56 Å². The van der Waals surface area contributed by atoms with Gasteiger partial charge in [-0.3, -0.25) is 0 Å². The highest BCUT2D eigenvalue weighted by Gasteiger charge is 2.02. The molecule has 0 fully saturated rings. The monoisotopic (exact) mass is 172 g/mol. The smallest absolute Gasteiger partial charge is 0.226 e. The Labute approximate surface area is 77.2 Å². The fourth-order valence-corrected chi connectivity index (χ4v) is 1.14. The lowest BCUT2D eigenvalue weighted by molar-refractivity contribution is 0.574. The van der Waals surface area contributed by atoms with Gasteiger partial charge in [0.1, 0.15) is 6.26 Å². The summed E-state index contributed by atoms with van der Waals surface area (Å²) in [4.78, 5) is 4.13. The Kier molecular flexibility index (Phi) is 1.89. The summed E-state index contributed by atoms with van der Waals surface area (Å²) in [5.41, 5.74) is 2.88. The molecule has 0 aliphatic heterocycles. The molecule has 1 aromatic carbocycles. The zero-order chi connectivity index (χ0) is 9.26. The molecular formula is C11H10NO. The van der Waals surface area contributed by atoms with Crippen molar-refractivity contribution in [2.75, 3.05) is 0 Å². The van der Waals surface area contributed by atoms with Crippen LogP contribution in [0, 0.1) is 13.8 Å². The van der Waals surface area contributed by atoms with Crippen LogP contribution < -0.4 is 0 Å². The summed E-state index contributed by atoms with van der Waals surface area (Å²) in [5, 5.41) is 0. The summed E-state index contributed by atoms with van der Waals surface area (Å²) >= 11 is 0. The van der Waals surface area contributed by atoms with Crippen molar-refractivity contribution in [3.05, 3.63) is 48.7 Å². The lowest BCUT2D eigenvalue weighted by atomic mass is 10.1. The molecule has 0 saturated heterocycles. The zero-order valence-electron chi connectivity index (χ0n) is 7.45. The van der Waals surface area contributed by atoms with Crippen molar-refractivity contribution in [3.8, 4) is 11.5 Å². The molecule has 0 N–H and O–H groups in total. The molecule has 2 aromatic rings. The van der Waals surface area contributed by atoms with Crippen molar-refractivity contribution in [2.24, 2.45) is 0 Å². The summed E-state index contributed by atoms with van der Waals surface area (Å²) in [5.74, 6) is 0.630. The van der Waals surface area contributed by atoms with Crippen LogP contribution in [0.25, 0.3) is 11.5 Å². The van der Waals surface area contributed by atoms with Crippen LogP contribution in [-0.2, 0) is 0 Å². The van der Waals surface area contributed by atoms with Crippen LogP contribution in [0.3, 0.4) is 0 Å². The van der Waals surface area contributed by atoms with Gasteiger partial charge in [-0.25, -0.2) is 4.98 Å². The van der Waals surface area contributed by atoms with Crippen molar-refractivity contribution >= 4 is 0 Å². The minimum atomic E-state index is 0.630. The van der Waals surface area contributed by atoms with Gasteiger partial charge in [-0.05, 0) is 26.0 Å². The Hall–Kier alpha value is -1.57. The normalized spacial score (nSPS) is 10.3. The third-order valence-corrected chi connectivity index (χ3v) is 1.85. The summed E-state index contributed by atoms with van der Waals surface area (Å²) in [7, 11) is 0. The molecule has 13 heavy (non-hydrogen) atoms. The second-order valence-corrected chi connectivity index (χ2v) is 3.01. The predicted molar refractivity (Wildman–Crippen MR) is 51.1 cm³/mol. The van der Waals surface area contributed by atoms with E-state index in [4.69, 9.17) is 4.42 Å². The summed E-state index contributed by atoms with van der Waals surface area (Å²) in [6.07, 6.45) is 1.55. The van der Waals surface area contributed by atoms with E-state index in [-0.39, 0.29) is 0 Å². The van der Waals surface area contributed by atoms with E-state index in [9.17, 15) is 0 Å². The van der Waals surface area contributed by atoms with E-state index in [1.54, 1.807) is 6.26 Å². The van der Waals surface area contributed by atoms with Gasteiger partial charge in [0.25, 0.3) is 0 Å². The summed E-state index contributed by atoms with van der Waals surface area (Å²) in [6, 6.07) is 8.03. The fraction of sp³-hybridized carbons (Fsp3) is 0.0909. The molecule has 0 atom stereocenters. The third kappa shape index (κ3) is 1.61. The zero-order valence-corrected chi connectivity index (χ0v) is 7.45. The molecule has 0 unspecified atom stereocenters. The molecule has 1 aromatic heterocycles. The lowest BCUT2D eigenvalue weighted by Crippen LogP contribution is -1.78. The molecular weight excluding hydrogens is 162 g/mol. The van der Waals surface area contributed by atoms with Gasteiger partial charge in [0.05, 0.1) is 5.69 Å². The van der Waals surface area contributed by atoms with Crippen molar-refractivity contribution in [1.82, 2.24) is 4.98 Å². The number of rotatable bonds is 1. The highest BCUT2D eigenvalue weighted by atomic mass is 16.3. The molecule has 1 radical (unpaired) electrons. The molecule has 0 amide bonds. The SMILES string of the molecule is [CH2]c1coc(-c2ccc(C)cc2)n1.